The number of anilines is 1. The molecule has 0 saturated carbocycles. The monoisotopic (exact) mass is 510 g/mol. The first-order chi connectivity index (χ1) is 17.6. The molecule has 1 aliphatic rings. The number of nitrogens with zero attached hydrogens (tertiary/aromatic N) is 2. The van der Waals surface area contributed by atoms with Crippen molar-refractivity contribution in [1.29, 1.82) is 5.26 Å². The summed E-state index contributed by atoms with van der Waals surface area (Å²) in [5.74, 6) is 0.0444. The predicted octanol–water partition coefficient (Wildman–Crippen LogP) is 5.28. The molecular formula is C26H21F3N4O4. The van der Waals surface area contributed by atoms with E-state index >= 15 is 0 Å². The fourth-order valence-corrected chi connectivity index (χ4v) is 4.14. The normalized spacial score (nSPS) is 14.7. The van der Waals surface area contributed by atoms with Crippen molar-refractivity contribution in [1.82, 2.24) is 10.3 Å². The van der Waals surface area contributed by atoms with Crippen LogP contribution in [0.4, 0.5) is 23.7 Å². The number of aryl methyl sites for hydroxylation is 1. The molecule has 0 aliphatic heterocycles. The molecule has 1 aliphatic carbocycles. The van der Waals surface area contributed by atoms with Gasteiger partial charge in [-0.05, 0) is 72.4 Å². The number of rotatable bonds is 6. The summed E-state index contributed by atoms with van der Waals surface area (Å²) in [6, 6.07) is 13.5. The van der Waals surface area contributed by atoms with Crippen LogP contribution in [0.2, 0.25) is 0 Å². The number of nitriles is 1. The number of carboxylic acid groups (broad SMARTS) is 1. The molecule has 3 aromatic rings. The van der Waals surface area contributed by atoms with Crippen LogP contribution < -0.4 is 15.4 Å². The first-order valence-corrected chi connectivity index (χ1v) is 11.3. The minimum absolute atomic E-state index is 0.0594. The summed E-state index contributed by atoms with van der Waals surface area (Å²) in [6.07, 6.45) is -3.09. The van der Waals surface area contributed by atoms with Crippen LogP contribution in [0, 0.1) is 17.2 Å². The lowest BCUT2D eigenvalue weighted by atomic mass is 9.83. The fraction of sp³-hybridized carbons (Fsp3) is 0.231. The number of hydrogen-bond acceptors (Lipinski definition) is 5. The molecular weight excluding hydrogens is 489 g/mol. The zero-order valence-electron chi connectivity index (χ0n) is 19.3. The number of fused-ring (bicyclic) bond motifs is 1. The van der Waals surface area contributed by atoms with Crippen molar-refractivity contribution in [3.8, 4) is 17.6 Å². The zero-order valence-corrected chi connectivity index (χ0v) is 19.3. The van der Waals surface area contributed by atoms with Gasteiger partial charge in [0.2, 0.25) is 5.91 Å². The molecule has 0 radical (unpaired) electrons. The van der Waals surface area contributed by atoms with Crippen LogP contribution in [0.25, 0.3) is 0 Å². The Bertz CT molecular complexity index is 1380. The Balaban J connectivity index is 1.49. The van der Waals surface area contributed by atoms with Gasteiger partial charge in [0.15, 0.2) is 0 Å². The van der Waals surface area contributed by atoms with E-state index in [0.717, 1.165) is 23.3 Å². The molecule has 8 nitrogen and oxygen atoms in total. The highest BCUT2D eigenvalue weighted by atomic mass is 19.4. The molecule has 1 unspecified atom stereocenters. The maximum absolute atomic E-state index is 13.4. The van der Waals surface area contributed by atoms with Gasteiger partial charge < -0.3 is 20.5 Å². The second kappa shape index (κ2) is 10.6. The lowest BCUT2D eigenvalue weighted by Crippen LogP contribution is -2.28. The second-order valence-electron chi connectivity index (χ2n) is 8.53. The van der Waals surface area contributed by atoms with Crippen molar-refractivity contribution in [2.24, 2.45) is 5.92 Å². The zero-order chi connectivity index (χ0) is 26.6. The smallest absolute Gasteiger partial charge is 0.416 e. The Hall–Kier alpha value is -4.59. The summed E-state index contributed by atoms with van der Waals surface area (Å²) in [5.41, 5.74) is 1.16. The third-order valence-electron chi connectivity index (χ3n) is 5.89. The Kier molecular flexibility index (Phi) is 7.29. The molecule has 1 heterocycles. The minimum Gasteiger partial charge on any atom is -0.465 e. The van der Waals surface area contributed by atoms with Crippen LogP contribution in [-0.4, -0.2) is 22.1 Å². The van der Waals surface area contributed by atoms with E-state index in [1.54, 1.807) is 18.2 Å². The van der Waals surface area contributed by atoms with E-state index in [4.69, 9.17) is 15.1 Å². The van der Waals surface area contributed by atoms with Gasteiger partial charge in [0.25, 0.3) is 0 Å². The Labute approximate surface area is 209 Å². The number of nitrogens with one attached hydrogen (secondary N) is 2. The van der Waals surface area contributed by atoms with Crippen LogP contribution in [0.15, 0.2) is 54.7 Å². The van der Waals surface area contributed by atoms with Crippen molar-refractivity contribution >= 4 is 17.7 Å². The molecule has 1 atom stereocenters. The number of amides is 2. The first kappa shape index (κ1) is 25.5. The SMILES string of the molecule is N#Cc1cc(Oc2ccc3c(c2)CC(C(=O)Nc2cc(CNC(=O)O)cc(C(F)(F)F)c2)CC3)ccn1. The molecule has 190 valence electrons. The van der Waals surface area contributed by atoms with Gasteiger partial charge in [-0.25, -0.2) is 9.78 Å². The number of pyridine rings is 1. The van der Waals surface area contributed by atoms with Gasteiger partial charge in [-0.2, -0.15) is 18.4 Å². The van der Waals surface area contributed by atoms with Crippen molar-refractivity contribution in [2.45, 2.75) is 32.0 Å². The highest BCUT2D eigenvalue weighted by Crippen LogP contribution is 2.34. The number of halogens is 3. The van der Waals surface area contributed by atoms with Crippen LogP contribution >= 0.6 is 0 Å². The van der Waals surface area contributed by atoms with E-state index < -0.39 is 29.7 Å². The van der Waals surface area contributed by atoms with Gasteiger partial charge in [0.05, 0.1) is 5.56 Å². The van der Waals surface area contributed by atoms with Gasteiger partial charge in [-0.1, -0.05) is 6.07 Å². The third-order valence-corrected chi connectivity index (χ3v) is 5.89. The van der Waals surface area contributed by atoms with E-state index in [2.05, 4.69) is 10.3 Å². The molecule has 11 heteroatoms. The number of benzene rings is 2. The van der Waals surface area contributed by atoms with Gasteiger partial charge in [0, 0.05) is 30.4 Å². The summed E-state index contributed by atoms with van der Waals surface area (Å²) in [7, 11) is 0. The van der Waals surface area contributed by atoms with E-state index in [1.165, 1.54) is 18.3 Å². The Morgan fingerprint density at radius 2 is 1.89 bits per heavy atom. The van der Waals surface area contributed by atoms with Crippen LogP contribution in [0.5, 0.6) is 11.5 Å². The number of carbonyl (C=O) groups excluding carboxylic acids is 1. The molecule has 2 amide bonds. The standard InChI is InChI=1S/C26H21F3N4O4/c27-26(28,29)19-7-15(14-32-25(35)36)8-20(11-19)33-24(34)17-2-1-16-3-4-22(10-18(16)9-17)37-23-5-6-31-21(12-23)13-30/h3-8,10-12,17,32H,1-2,9,14H2,(H,33,34)(H,35,36). The molecule has 4 rings (SSSR count). The summed E-state index contributed by atoms with van der Waals surface area (Å²) in [5, 5.41) is 22.4. The second-order valence-corrected chi connectivity index (χ2v) is 8.53. The topological polar surface area (TPSA) is 124 Å². The molecule has 37 heavy (non-hydrogen) atoms. The molecule has 0 bridgehead atoms. The van der Waals surface area contributed by atoms with E-state index in [9.17, 15) is 22.8 Å². The third kappa shape index (κ3) is 6.55. The maximum Gasteiger partial charge on any atom is 0.416 e. The van der Waals surface area contributed by atoms with Gasteiger partial charge in [-0.15, -0.1) is 0 Å². The highest BCUT2D eigenvalue weighted by molar-refractivity contribution is 5.93. The van der Waals surface area contributed by atoms with Crippen molar-refractivity contribution in [3.63, 3.8) is 0 Å². The first-order valence-electron chi connectivity index (χ1n) is 11.3. The van der Waals surface area contributed by atoms with Crippen molar-refractivity contribution in [2.75, 3.05) is 5.32 Å². The predicted molar refractivity (Wildman–Crippen MR) is 126 cm³/mol. The van der Waals surface area contributed by atoms with Gasteiger partial charge in [0.1, 0.15) is 23.3 Å². The average Bonchev–Trinajstić information content (AvgIpc) is 2.86. The molecule has 3 N–H and O–H groups in total. The summed E-state index contributed by atoms with van der Waals surface area (Å²) in [4.78, 5) is 27.6. The lowest BCUT2D eigenvalue weighted by Gasteiger charge is -2.25. The molecule has 2 aromatic carbocycles. The van der Waals surface area contributed by atoms with Gasteiger partial charge in [-0.3, -0.25) is 4.79 Å². The van der Waals surface area contributed by atoms with E-state index in [0.29, 0.717) is 30.8 Å². The van der Waals surface area contributed by atoms with Crippen molar-refractivity contribution in [3.05, 3.63) is 82.7 Å². The quantitative estimate of drug-likeness (QED) is 0.415. The number of hydrogen-bond donors (Lipinski definition) is 3. The molecule has 0 fully saturated rings. The largest absolute Gasteiger partial charge is 0.465 e. The molecule has 1 aromatic heterocycles. The average molecular weight is 510 g/mol. The highest BCUT2D eigenvalue weighted by Gasteiger charge is 2.32. The number of alkyl halides is 3. The lowest BCUT2D eigenvalue weighted by molar-refractivity contribution is -0.137. The number of carbonyl (C=O) groups is 2. The van der Waals surface area contributed by atoms with Crippen LogP contribution in [0.1, 0.15) is 34.4 Å². The van der Waals surface area contributed by atoms with Crippen molar-refractivity contribution < 1.29 is 32.6 Å². The van der Waals surface area contributed by atoms with Crippen LogP contribution in [-0.2, 0) is 30.4 Å². The summed E-state index contributed by atoms with van der Waals surface area (Å²) in [6.45, 7) is -0.338. The summed E-state index contributed by atoms with van der Waals surface area (Å²) < 4.78 is 45.9. The minimum atomic E-state index is -4.66. The maximum atomic E-state index is 13.4. The van der Waals surface area contributed by atoms with Crippen LogP contribution in [0.3, 0.4) is 0 Å². The fourth-order valence-electron chi connectivity index (χ4n) is 4.14. The van der Waals surface area contributed by atoms with E-state index in [1.807, 2.05) is 17.5 Å². The number of aromatic nitrogens is 1. The Morgan fingerprint density at radius 3 is 2.62 bits per heavy atom. The molecule has 0 saturated heterocycles. The van der Waals surface area contributed by atoms with E-state index in [-0.39, 0.29) is 23.5 Å². The van der Waals surface area contributed by atoms with Gasteiger partial charge >= 0.3 is 12.3 Å². The summed E-state index contributed by atoms with van der Waals surface area (Å²) >= 11 is 0. The Morgan fingerprint density at radius 1 is 1.11 bits per heavy atom. The number of ether oxygens (including phenoxy) is 1. The molecule has 0 spiro atoms.